The molecule has 0 aliphatic rings. The molecule has 0 aromatic heterocycles. The summed E-state index contributed by atoms with van der Waals surface area (Å²) in [4.78, 5) is 0. The number of nitrogens with two attached hydrogens (primary N) is 1. The van der Waals surface area contributed by atoms with Gasteiger partial charge in [-0.2, -0.15) is 8.42 Å². The van der Waals surface area contributed by atoms with Crippen molar-refractivity contribution in [3.63, 3.8) is 0 Å². The van der Waals surface area contributed by atoms with Crippen LogP contribution in [0.2, 0.25) is 0 Å². The van der Waals surface area contributed by atoms with Gasteiger partial charge in [-0.1, -0.05) is 37.3 Å². The second-order valence-corrected chi connectivity index (χ2v) is 4.79. The Balaban J connectivity index is 2.66. The lowest BCUT2D eigenvalue weighted by atomic mass is 9.97. The van der Waals surface area contributed by atoms with Crippen LogP contribution in [0.3, 0.4) is 0 Å². The van der Waals surface area contributed by atoms with Gasteiger partial charge in [-0.3, -0.25) is 0 Å². The fraction of sp³-hybridized carbons (Fsp3) is 0.400. The van der Waals surface area contributed by atoms with Crippen LogP contribution in [0.15, 0.2) is 30.3 Å². The highest BCUT2D eigenvalue weighted by atomic mass is 32.2. The van der Waals surface area contributed by atoms with E-state index in [1.54, 1.807) is 0 Å². The quantitative estimate of drug-likeness (QED) is 0.788. The van der Waals surface area contributed by atoms with Crippen LogP contribution in [0, 0.1) is 0 Å². The average Bonchev–Trinajstić information content (AvgIpc) is 2.19. The van der Waals surface area contributed by atoms with Crippen LogP contribution in [0.4, 0.5) is 0 Å². The van der Waals surface area contributed by atoms with Crippen LogP contribution in [0.1, 0.15) is 24.8 Å². The SMILES string of the molecule is CCC(CNS(N)(=O)=O)c1ccccc1. The Hall–Kier alpha value is -0.910. The van der Waals surface area contributed by atoms with E-state index < -0.39 is 10.2 Å². The summed E-state index contributed by atoms with van der Waals surface area (Å²) in [6, 6.07) is 9.78. The molecular weight excluding hydrogens is 212 g/mol. The Bertz CT molecular complexity index is 389. The molecule has 0 aliphatic heterocycles. The Morgan fingerprint density at radius 2 is 1.93 bits per heavy atom. The maximum Gasteiger partial charge on any atom is 0.274 e. The first-order valence-corrected chi connectivity index (χ1v) is 6.40. The minimum atomic E-state index is -3.59. The van der Waals surface area contributed by atoms with Gasteiger partial charge in [0.2, 0.25) is 0 Å². The molecule has 1 aromatic carbocycles. The number of hydrogen-bond donors (Lipinski definition) is 2. The van der Waals surface area contributed by atoms with Gasteiger partial charge in [-0.15, -0.1) is 0 Å². The Kier molecular flexibility index (Phi) is 4.26. The normalized spacial score (nSPS) is 13.7. The summed E-state index contributed by atoms with van der Waals surface area (Å²) in [5, 5.41) is 4.88. The Morgan fingerprint density at radius 3 is 2.40 bits per heavy atom. The zero-order chi connectivity index (χ0) is 11.3. The summed E-state index contributed by atoms with van der Waals surface area (Å²) >= 11 is 0. The minimum Gasteiger partial charge on any atom is -0.216 e. The lowest BCUT2D eigenvalue weighted by molar-refractivity contribution is 0.567. The van der Waals surface area contributed by atoms with E-state index in [1.807, 2.05) is 37.3 Å². The molecule has 5 heteroatoms. The van der Waals surface area contributed by atoms with Crippen molar-refractivity contribution in [2.24, 2.45) is 5.14 Å². The predicted molar refractivity (Wildman–Crippen MR) is 60.6 cm³/mol. The van der Waals surface area contributed by atoms with E-state index in [-0.39, 0.29) is 5.92 Å². The van der Waals surface area contributed by atoms with Gasteiger partial charge in [0.25, 0.3) is 10.2 Å². The first-order chi connectivity index (χ1) is 7.03. The number of nitrogens with one attached hydrogen (secondary N) is 1. The number of benzene rings is 1. The van der Waals surface area contributed by atoms with E-state index >= 15 is 0 Å². The molecule has 0 fully saturated rings. The average molecular weight is 228 g/mol. The van der Waals surface area contributed by atoms with Crippen LogP contribution in [-0.2, 0) is 10.2 Å². The zero-order valence-corrected chi connectivity index (χ0v) is 9.50. The van der Waals surface area contributed by atoms with Crippen molar-refractivity contribution >= 4 is 10.2 Å². The highest BCUT2D eigenvalue weighted by Gasteiger charge is 2.11. The summed E-state index contributed by atoms with van der Waals surface area (Å²) < 4.78 is 23.8. The van der Waals surface area contributed by atoms with Crippen molar-refractivity contribution in [3.05, 3.63) is 35.9 Å². The molecule has 0 radical (unpaired) electrons. The van der Waals surface area contributed by atoms with Crippen molar-refractivity contribution in [1.29, 1.82) is 0 Å². The van der Waals surface area contributed by atoms with Crippen LogP contribution in [0.25, 0.3) is 0 Å². The third kappa shape index (κ3) is 4.42. The van der Waals surface area contributed by atoms with Gasteiger partial charge in [0.15, 0.2) is 0 Å². The molecular formula is C10H16N2O2S. The van der Waals surface area contributed by atoms with Gasteiger partial charge in [0.1, 0.15) is 0 Å². The van der Waals surface area contributed by atoms with Gasteiger partial charge in [-0.25, -0.2) is 9.86 Å². The van der Waals surface area contributed by atoms with E-state index in [0.29, 0.717) is 6.54 Å². The summed E-state index contributed by atoms with van der Waals surface area (Å²) in [5.41, 5.74) is 1.12. The molecule has 0 aliphatic carbocycles. The van der Waals surface area contributed by atoms with Crippen LogP contribution >= 0.6 is 0 Å². The van der Waals surface area contributed by atoms with E-state index in [1.165, 1.54) is 0 Å². The molecule has 0 amide bonds. The van der Waals surface area contributed by atoms with Crippen LogP contribution in [-0.4, -0.2) is 15.0 Å². The van der Waals surface area contributed by atoms with E-state index in [0.717, 1.165) is 12.0 Å². The first kappa shape index (κ1) is 12.2. The highest BCUT2D eigenvalue weighted by Crippen LogP contribution is 2.17. The Labute approximate surface area is 90.7 Å². The number of hydrogen-bond acceptors (Lipinski definition) is 2. The standard InChI is InChI=1S/C10H16N2O2S/c1-2-9(8-12-15(11,13)14)10-6-4-3-5-7-10/h3-7,9,12H,2,8H2,1H3,(H2,11,13,14). The van der Waals surface area contributed by atoms with Crippen LogP contribution < -0.4 is 9.86 Å². The second-order valence-electron chi connectivity index (χ2n) is 3.41. The van der Waals surface area contributed by atoms with Gasteiger partial charge >= 0.3 is 0 Å². The van der Waals surface area contributed by atoms with Crippen molar-refractivity contribution in [2.75, 3.05) is 6.54 Å². The predicted octanol–water partition coefficient (Wildman–Crippen LogP) is 0.973. The van der Waals surface area contributed by atoms with E-state index in [4.69, 9.17) is 5.14 Å². The molecule has 4 nitrogen and oxygen atoms in total. The van der Waals surface area contributed by atoms with E-state index in [2.05, 4.69) is 4.72 Å². The lowest BCUT2D eigenvalue weighted by Crippen LogP contribution is -2.33. The summed E-state index contributed by atoms with van der Waals surface area (Å²) in [6.07, 6.45) is 0.868. The van der Waals surface area contributed by atoms with Gasteiger partial charge in [-0.05, 0) is 17.9 Å². The van der Waals surface area contributed by atoms with Crippen molar-refractivity contribution in [2.45, 2.75) is 19.3 Å². The molecule has 0 spiro atoms. The molecule has 0 saturated carbocycles. The molecule has 1 unspecified atom stereocenters. The van der Waals surface area contributed by atoms with E-state index in [9.17, 15) is 8.42 Å². The fourth-order valence-electron chi connectivity index (χ4n) is 1.44. The third-order valence-corrected chi connectivity index (χ3v) is 2.86. The van der Waals surface area contributed by atoms with Gasteiger partial charge in [0.05, 0.1) is 0 Å². The minimum absolute atomic E-state index is 0.171. The topological polar surface area (TPSA) is 72.2 Å². The summed E-state index contributed by atoms with van der Waals surface area (Å²) in [5.74, 6) is 0.171. The molecule has 0 heterocycles. The number of rotatable bonds is 5. The zero-order valence-electron chi connectivity index (χ0n) is 8.68. The molecule has 15 heavy (non-hydrogen) atoms. The summed E-state index contributed by atoms with van der Waals surface area (Å²) in [6.45, 7) is 2.36. The van der Waals surface area contributed by atoms with Gasteiger partial charge < -0.3 is 0 Å². The Morgan fingerprint density at radius 1 is 1.33 bits per heavy atom. The van der Waals surface area contributed by atoms with Crippen molar-refractivity contribution < 1.29 is 8.42 Å². The molecule has 1 rings (SSSR count). The van der Waals surface area contributed by atoms with Crippen molar-refractivity contribution in [3.8, 4) is 0 Å². The van der Waals surface area contributed by atoms with Gasteiger partial charge in [0, 0.05) is 6.54 Å². The lowest BCUT2D eigenvalue weighted by Gasteiger charge is -2.14. The van der Waals surface area contributed by atoms with Crippen molar-refractivity contribution in [1.82, 2.24) is 4.72 Å². The molecule has 1 atom stereocenters. The summed E-state index contributed by atoms with van der Waals surface area (Å²) in [7, 11) is -3.59. The fourth-order valence-corrected chi connectivity index (χ4v) is 1.87. The molecule has 0 saturated heterocycles. The molecule has 0 bridgehead atoms. The molecule has 3 N–H and O–H groups in total. The van der Waals surface area contributed by atoms with Crippen LogP contribution in [0.5, 0.6) is 0 Å². The second kappa shape index (κ2) is 5.25. The highest BCUT2D eigenvalue weighted by molar-refractivity contribution is 7.87. The largest absolute Gasteiger partial charge is 0.274 e. The maximum absolute atomic E-state index is 10.7. The molecule has 1 aromatic rings. The third-order valence-electron chi connectivity index (χ3n) is 2.29. The smallest absolute Gasteiger partial charge is 0.216 e. The maximum atomic E-state index is 10.7. The molecule has 84 valence electrons. The first-order valence-electron chi connectivity index (χ1n) is 4.85. The monoisotopic (exact) mass is 228 g/mol.